The average Bonchev–Trinajstić information content (AvgIpc) is 2.85. The zero-order valence-electron chi connectivity index (χ0n) is 68.5. The first-order valence-corrected chi connectivity index (χ1v) is 47.0. The molecule has 0 aromatic rings. The van der Waals surface area contributed by atoms with E-state index in [9.17, 15) is 0 Å². The van der Waals surface area contributed by atoms with E-state index in [0.29, 0.717) is 5.41 Å². The molecule has 0 saturated heterocycles. The standard InChI is InChI=1S/C95H192/c1-7-10-11-12-13-14-15-16-17-18-19-20-35-40-45-50-55-60-65-70-75-80-85-90-95(6,92-87-82-77-72-67-62-57-52-47-42-37-32-28-24-26-30-34-39-44-49-54-59-64-69-74-79-84-89-94(5)9-3)91-86-81-76-71-66-61-56-51-46-41-36-31-27-23-21-22-25-29-33-38-43-48-53-58-63-68-73-78-83-88-93(4)8-2/h93-94H,7-92H2,1-6H3. The molecule has 0 heterocycles. The van der Waals surface area contributed by atoms with Gasteiger partial charge in [-0.1, -0.05) is 574 Å². The number of hydrogen-bond acceptors (Lipinski definition) is 0. The zero-order chi connectivity index (χ0) is 68.5. The molecular formula is C95H192. The fourth-order valence-corrected chi connectivity index (χ4v) is 16.4. The smallest absolute Gasteiger partial charge is 0.0326 e. The van der Waals surface area contributed by atoms with E-state index in [1.807, 2.05) is 0 Å². The second kappa shape index (κ2) is 84.7. The quantitative estimate of drug-likeness (QED) is 0.0533. The molecule has 0 saturated carbocycles. The van der Waals surface area contributed by atoms with Crippen molar-refractivity contribution in [3.8, 4) is 0 Å². The largest absolute Gasteiger partial charge is 0.0654 e. The molecule has 0 spiro atoms. The number of rotatable bonds is 88. The highest BCUT2D eigenvalue weighted by atomic mass is 14.3. The van der Waals surface area contributed by atoms with Crippen LogP contribution in [-0.2, 0) is 0 Å². The van der Waals surface area contributed by atoms with Crippen LogP contribution in [0.1, 0.15) is 594 Å². The third-order valence-electron chi connectivity index (χ3n) is 24.2. The summed E-state index contributed by atoms with van der Waals surface area (Å²) in [4.78, 5) is 0. The summed E-state index contributed by atoms with van der Waals surface area (Å²) in [6.45, 7) is 14.6. The molecule has 0 radical (unpaired) electrons. The van der Waals surface area contributed by atoms with Crippen LogP contribution in [0.4, 0.5) is 0 Å². The summed E-state index contributed by atoms with van der Waals surface area (Å²) in [6, 6.07) is 0. The van der Waals surface area contributed by atoms with Crippen LogP contribution in [0.25, 0.3) is 0 Å². The minimum atomic E-state index is 0.600. The molecule has 0 aliphatic carbocycles. The second-order valence-corrected chi connectivity index (χ2v) is 34.2. The zero-order valence-corrected chi connectivity index (χ0v) is 68.5. The highest BCUT2D eigenvalue weighted by Crippen LogP contribution is 2.37. The van der Waals surface area contributed by atoms with Gasteiger partial charge in [-0.15, -0.1) is 0 Å². The molecule has 3 atom stereocenters. The molecule has 0 nitrogen and oxygen atoms in total. The van der Waals surface area contributed by atoms with Gasteiger partial charge in [0.05, 0.1) is 0 Å². The van der Waals surface area contributed by atoms with Crippen molar-refractivity contribution in [3.05, 3.63) is 0 Å². The van der Waals surface area contributed by atoms with Gasteiger partial charge < -0.3 is 0 Å². The maximum atomic E-state index is 2.73. The molecule has 572 valence electrons. The van der Waals surface area contributed by atoms with Crippen molar-refractivity contribution >= 4 is 0 Å². The maximum Gasteiger partial charge on any atom is -0.0326 e. The van der Waals surface area contributed by atoms with Gasteiger partial charge in [-0.2, -0.15) is 0 Å². The molecule has 0 bridgehead atoms. The van der Waals surface area contributed by atoms with Gasteiger partial charge in [-0.25, -0.2) is 0 Å². The molecule has 0 aliphatic heterocycles. The van der Waals surface area contributed by atoms with E-state index in [1.54, 1.807) is 0 Å². The van der Waals surface area contributed by atoms with E-state index in [4.69, 9.17) is 0 Å². The van der Waals surface area contributed by atoms with Gasteiger partial charge >= 0.3 is 0 Å². The monoisotopic (exact) mass is 1330 g/mol. The molecule has 0 aliphatic rings. The Morgan fingerprint density at radius 1 is 0.147 bits per heavy atom. The van der Waals surface area contributed by atoms with Crippen LogP contribution in [0.5, 0.6) is 0 Å². The summed E-state index contributed by atoms with van der Waals surface area (Å²) >= 11 is 0. The first-order valence-electron chi connectivity index (χ1n) is 47.0. The highest BCUT2D eigenvalue weighted by Gasteiger charge is 2.23. The van der Waals surface area contributed by atoms with Crippen molar-refractivity contribution in [2.24, 2.45) is 17.3 Å². The Labute approximate surface area is 607 Å². The molecule has 3 unspecified atom stereocenters. The minimum Gasteiger partial charge on any atom is -0.0654 e. The van der Waals surface area contributed by atoms with Crippen LogP contribution >= 0.6 is 0 Å². The van der Waals surface area contributed by atoms with Crippen LogP contribution in [0.15, 0.2) is 0 Å². The van der Waals surface area contributed by atoms with Crippen molar-refractivity contribution in [1.29, 1.82) is 0 Å². The van der Waals surface area contributed by atoms with E-state index in [-0.39, 0.29) is 0 Å². The van der Waals surface area contributed by atoms with E-state index < -0.39 is 0 Å². The topological polar surface area (TPSA) is 0 Å². The van der Waals surface area contributed by atoms with Gasteiger partial charge in [0.15, 0.2) is 0 Å². The van der Waals surface area contributed by atoms with Gasteiger partial charge in [-0.3, -0.25) is 0 Å². The fourth-order valence-electron chi connectivity index (χ4n) is 16.4. The van der Waals surface area contributed by atoms with Gasteiger partial charge in [0.1, 0.15) is 0 Å². The summed E-state index contributed by atoms with van der Waals surface area (Å²) in [5.74, 6) is 1.89. The molecule has 0 aromatic heterocycles. The predicted octanol–water partition coefficient (Wildman–Crippen LogP) is 36.9. The Morgan fingerprint density at radius 3 is 0.368 bits per heavy atom. The first kappa shape index (κ1) is 95.0. The summed E-state index contributed by atoms with van der Waals surface area (Å²) < 4.78 is 0. The highest BCUT2D eigenvalue weighted by molar-refractivity contribution is 4.75. The van der Waals surface area contributed by atoms with Gasteiger partial charge in [0, 0.05) is 0 Å². The molecule has 0 amide bonds. The molecule has 0 heteroatoms. The lowest BCUT2D eigenvalue weighted by molar-refractivity contribution is 0.222. The molecule has 0 aromatic carbocycles. The maximum absolute atomic E-state index is 2.73. The van der Waals surface area contributed by atoms with Crippen molar-refractivity contribution < 1.29 is 0 Å². The van der Waals surface area contributed by atoms with Crippen molar-refractivity contribution in [3.63, 3.8) is 0 Å². The second-order valence-electron chi connectivity index (χ2n) is 34.2. The summed E-state index contributed by atoms with van der Waals surface area (Å²) in [5, 5.41) is 0. The average molecular weight is 1330 g/mol. The summed E-state index contributed by atoms with van der Waals surface area (Å²) in [5.41, 5.74) is 0.600. The third-order valence-corrected chi connectivity index (χ3v) is 24.2. The van der Waals surface area contributed by atoms with Crippen LogP contribution in [0.3, 0.4) is 0 Å². The lowest BCUT2D eigenvalue weighted by Crippen LogP contribution is -2.16. The van der Waals surface area contributed by atoms with Crippen LogP contribution < -0.4 is 0 Å². The SMILES string of the molecule is CCCCCCCCCCCCCCCCCCCCCCCCCC(C)(CCCCCCCCCCCCCCCCCCCCCCCCCCCCCCCC(C)CC)CCCCCCCCCCCCCCCCCCCCCCCCCCCCCC(C)CC. The van der Waals surface area contributed by atoms with E-state index in [1.165, 1.54) is 552 Å². The van der Waals surface area contributed by atoms with Crippen LogP contribution in [0.2, 0.25) is 0 Å². The fraction of sp³-hybridized carbons (Fsp3) is 1.00. The Balaban J connectivity index is 4.06. The first-order chi connectivity index (χ1) is 47.0. The molecule has 0 N–H and O–H groups in total. The lowest BCUT2D eigenvalue weighted by atomic mass is 9.75. The minimum absolute atomic E-state index is 0.600. The number of hydrogen-bond donors (Lipinski definition) is 0. The molecule has 95 heavy (non-hydrogen) atoms. The van der Waals surface area contributed by atoms with Gasteiger partial charge in [0.2, 0.25) is 0 Å². The lowest BCUT2D eigenvalue weighted by Gasteiger charge is -2.30. The Kier molecular flexibility index (Phi) is 84.7. The summed E-state index contributed by atoms with van der Waals surface area (Å²) in [7, 11) is 0. The predicted molar refractivity (Wildman–Crippen MR) is 441 cm³/mol. The van der Waals surface area contributed by atoms with Crippen molar-refractivity contribution in [1.82, 2.24) is 0 Å². The molecular weight excluding hydrogens is 1140 g/mol. The number of unbranched alkanes of at least 4 members (excludes halogenated alkanes) is 76. The van der Waals surface area contributed by atoms with Gasteiger partial charge in [-0.05, 0) is 36.5 Å². The Morgan fingerprint density at radius 2 is 0.253 bits per heavy atom. The van der Waals surface area contributed by atoms with Crippen molar-refractivity contribution in [2.45, 2.75) is 594 Å². The van der Waals surface area contributed by atoms with E-state index in [2.05, 4.69) is 41.5 Å². The van der Waals surface area contributed by atoms with E-state index >= 15 is 0 Å². The molecule has 0 fully saturated rings. The summed E-state index contributed by atoms with van der Waals surface area (Å²) in [6.07, 6.45) is 128. The Hall–Kier alpha value is 0. The third kappa shape index (κ3) is 82.8. The van der Waals surface area contributed by atoms with Crippen LogP contribution in [-0.4, -0.2) is 0 Å². The normalized spacial score (nSPS) is 13.2. The molecule has 0 rings (SSSR count). The Bertz CT molecular complexity index is 1300. The van der Waals surface area contributed by atoms with Crippen LogP contribution in [0, 0.1) is 17.3 Å². The van der Waals surface area contributed by atoms with E-state index in [0.717, 1.165) is 11.8 Å². The van der Waals surface area contributed by atoms with Gasteiger partial charge in [0.25, 0.3) is 0 Å². The van der Waals surface area contributed by atoms with Crippen molar-refractivity contribution in [2.75, 3.05) is 0 Å².